The van der Waals surface area contributed by atoms with Gasteiger partial charge in [0.15, 0.2) is 11.5 Å². The molecule has 36 heavy (non-hydrogen) atoms. The summed E-state index contributed by atoms with van der Waals surface area (Å²) < 4.78 is 93.1. The van der Waals surface area contributed by atoms with Gasteiger partial charge in [0.1, 0.15) is 35.6 Å². The number of ether oxygens (including phenoxy) is 3. The number of rotatable bonds is 9. The lowest BCUT2D eigenvalue weighted by Gasteiger charge is -2.17. The first kappa shape index (κ1) is 25.5. The second kappa shape index (κ2) is 9.79. The third-order valence-corrected chi connectivity index (χ3v) is 4.81. The highest BCUT2D eigenvalue weighted by molar-refractivity contribution is 5.91. The minimum Gasteiger partial charge on any atom is -0.487 e. The number of anilines is 2. The number of nitrogens with one attached hydrogen (secondary N) is 1. The number of nitrogens with two attached hydrogens (primary N) is 1. The van der Waals surface area contributed by atoms with Crippen LogP contribution < -0.4 is 20.5 Å². The molecule has 2 heterocycles. The molecule has 0 spiro atoms. The number of fused-ring (bicyclic) bond motifs is 1. The average molecular weight is 518 g/mol. The number of nitrogens with zero attached hydrogens (tertiary/aromatic N) is 4. The van der Waals surface area contributed by atoms with Crippen molar-refractivity contribution in [1.29, 1.82) is 0 Å². The molecule has 3 aromatic rings. The SMILES string of the molecule is Cc1nc(NCc2nc(N)cc(C(F)(F)F)n2)c2cc(OCCOC3CC3)c(OC(F)(F)F)cc2n1. The minimum atomic E-state index is -4.99. The summed E-state index contributed by atoms with van der Waals surface area (Å²) in [6, 6.07) is 2.89. The molecule has 0 saturated heterocycles. The number of benzene rings is 1. The Bertz CT molecular complexity index is 1250. The molecule has 1 aliphatic carbocycles. The number of hydrogen-bond acceptors (Lipinski definition) is 9. The Morgan fingerprint density at radius 2 is 1.72 bits per heavy atom. The molecule has 0 radical (unpaired) electrons. The van der Waals surface area contributed by atoms with Crippen molar-refractivity contribution in [2.24, 2.45) is 0 Å². The fourth-order valence-corrected chi connectivity index (χ4v) is 3.21. The van der Waals surface area contributed by atoms with Crippen LogP contribution in [0.2, 0.25) is 0 Å². The second-order valence-corrected chi connectivity index (χ2v) is 7.85. The normalized spacial score (nSPS) is 14.2. The van der Waals surface area contributed by atoms with E-state index in [4.69, 9.17) is 15.2 Å². The van der Waals surface area contributed by atoms with Gasteiger partial charge in [-0.25, -0.2) is 19.9 Å². The molecule has 0 atom stereocenters. The van der Waals surface area contributed by atoms with Crippen LogP contribution >= 0.6 is 0 Å². The molecule has 9 nitrogen and oxygen atoms in total. The molecule has 194 valence electrons. The van der Waals surface area contributed by atoms with E-state index in [0.29, 0.717) is 6.07 Å². The Morgan fingerprint density at radius 3 is 2.39 bits per heavy atom. The van der Waals surface area contributed by atoms with Gasteiger partial charge in [0.05, 0.1) is 24.8 Å². The number of nitrogen functional groups attached to an aromatic ring is 1. The molecule has 1 fully saturated rings. The molecule has 4 rings (SSSR count). The van der Waals surface area contributed by atoms with Crippen molar-refractivity contribution in [3.05, 3.63) is 35.5 Å². The summed E-state index contributed by atoms with van der Waals surface area (Å²) in [4.78, 5) is 15.6. The standard InChI is InChI=1S/C21H20F6N6O3/c1-10-30-13-7-15(36-21(25,26)27)14(35-5-4-34-11-2-3-11)6-12(13)19(31-10)29-9-18-32-16(20(22,23)24)8-17(28)33-18/h6-8,11H,2-5,9H2,1H3,(H2,28,32,33)(H,29,30,31). The summed E-state index contributed by atoms with van der Waals surface area (Å²) in [6.45, 7) is 1.31. The third kappa shape index (κ3) is 6.74. The molecule has 1 aliphatic rings. The maximum atomic E-state index is 13.0. The van der Waals surface area contributed by atoms with Gasteiger partial charge in [0.25, 0.3) is 0 Å². The molecule has 0 amide bonds. The van der Waals surface area contributed by atoms with E-state index in [9.17, 15) is 26.3 Å². The van der Waals surface area contributed by atoms with E-state index in [1.54, 1.807) is 0 Å². The van der Waals surface area contributed by atoms with Crippen LogP contribution in [-0.4, -0.2) is 45.6 Å². The van der Waals surface area contributed by atoms with Gasteiger partial charge in [-0.2, -0.15) is 13.2 Å². The van der Waals surface area contributed by atoms with Gasteiger partial charge in [-0.15, -0.1) is 13.2 Å². The number of aryl methyl sites for hydroxylation is 1. The zero-order valence-corrected chi connectivity index (χ0v) is 18.7. The largest absolute Gasteiger partial charge is 0.573 e. The van der Waals surface area contributed by atoms with E-state index >= 15 is 0 Å². The van der Waals surface area contributed by atoms with Crippen LogP contribution in [0.1, 0.15) is 30.2 Å². The zero-order chi connectivity index (χ0) is 26.1. The van der Waals surface area contributed by atoms with Crippen LogP contribution in [0.15, 0.2) is 18.2 Å². The molecule has 0 aliphatic heterocycles. The Kier molecular flexibility index (Phi) is 6.93. The van der Waals surface area contributed by atoms with Gasteiger partial charge in [-0.3, -0.25) is 0 Å². The summed E-state index contributed by atoms with van der Waals surface area (Å²) in [6.07, 6.45) is -7.74. The average Bonchev–Trinajstić information content (AvgIpc) is 3.58. The van der Waals surface area contributed by atoms with Crippen molar-refractivity contribution < 1.29 is 40.6 Å². The smallest absolute Gasteiger partial charge is 0.487 e. The molecule has 2 aromatic heterocycles. The van der Waals surface area contributed by atoms with Crippen molar-refractivity contribution in [3.8, 4) is 11.5 Å². The van der Waals surface area contributed by atoms with E-state index in [0.717, 1.165) is 18.9 Å². The maximum absolute atomic E-state index is 13.0. The van der Waals surface area contributed by atoms with Crippen LogP contribution in [0, 0.1) is 6.92 Å². The molecular weight excluding hydrogens is 498 g/mol. The predicted molar refractivity (Wildman–Crippen MR) is 114 cm³/mol. The highest BCUT2D eigenvalue weighted by atomic mass is 19.4. The summed E-state index contributed by atoms with van der Waals surface area (Å²) in [5, 5.41) is 3.02. The molecule has 15 heteroatoms. The number of halogens is 6. The Hall–Kier alpha value is -3.62. The highest BCUT2D eigenvalue weighted by Gasteiger charge is 2.34. The van der Waals surface area contributed by atoms with E-state index in [1.807, 2.05) is 0 Å². The first-order chi connectivity index (χ1) is 16.9. The van der Waals surface area contributed by atoms with E-state index in [-0.39, 0.29) is 65.8 Å². The molecule has 1 aromatic carbocycles. The van der Waals surface area contributed by atoms with Crippen LogP contribution in [0.3, 0.4) is 0 Å². The van der Waals surface area contributed by atoms with Gasteiger partial charge < -0.3 is 25.3 Å². The first-order valence-electron chi connectivity index (χ1n) is 10.6. The summed E-state index contributed by atoms with van der Waals surface area (Å²) in [5.74, 6) is -1.21. The monoisotopic (exact) mass is 518 g/mol. The van der Waals surface area contributed by atoms with E-state index in [2.05, 4.69) is 30.0 Å². The Balaban J connectivity index is 1.63. The lowest BCUT2D eigenvalue weighted by Crippen LogP contribution is -2.18. The second-order valence-electron chi connectivity index (χ2n) is 7.85. The van der Waals surface area contributed by atoms with Crippen LogP contribution in [0.25, 0.3) is 10.9 Å². The lowest BCUT2D eigenvalue weighted by atomic mass is 10.2. The number of hydrogen-bond donors (Lipinski definition) is 2. The Labute approximate surface area is 200 Å². The molecule has 0 bridgehead atoms. The van der Waals surface area contributed by atoms with Crippen LogP contribution in [-0.2, 0) is 17.5 Å². The Morgan fingerprint density at radius 1 is 0.972 bits per heavy atom. The highest BCUT2D eigenvalue weighted by Crippen LogP contribution is 2.38. The van der Waals surface area contributed by atoms with Crippen molar-refractivity contribution in [3.63, 3.8) is 0 Å². The maximum Gasteiger partial charge on any atom is 0.573 e. The lowest BCUT2D eigenvalue weighted by molar-refractivity contribution is -0.275. The topological polar surface area (TPSA) is 117 Å². The molecular formula is C21H20F6N6O3. The fraction of sp³-hybridized carbons (Fsp3) is 0.429. The van der Waals surface area contributed by atoms with Crippen LogP contribution in [0.5, 0.6) is 11.5 Å². The quantitative estimate of drug-likeness (QED) is 0.314. The van der Waals surface area contributed by atoms with Crippen molar-refractivity contribution in [2.75, 3.05) is 24.3 Å². The van der Waals surface area contributed by atoms with Gasteiger partial charge in [0, 0.05) is 17.5 Å². The van der Waals surface area contributed by atoms with Crippen LogP contribution in [0.4, 0.5) is 38.0 Å². The third-order valence-electron chi connectivity index (χ3n) is 4.81. The van der Waals surface area contributed by atoms with Gasteiger partial charge in [-0.1, -0.05) is 0 Å². The summed E-state index contributed by atoms with van der Waals surface area (Å²) in [5.41, 5.74) is 4.33. The summed E-state index contributed by atoms with van der Waals surface area (Å²) in [7, 11) is 0. The molecule has 0 unspecified atom stereocenters. The predicted octanol–water partition coefficient (Wildman–Crippen LogP) is 4.40. The first-order valence-corrected chi connectivity index (χ1v) is 10.6. The van der Waals surface area contributed by atoms with Gasteiger partial charge >= 0.3 is 12.5 Å². The fourth-order valence-electron chi connectivity index (χ4n) is 3.21. The summed E-state index contributed by atoms with van der Waals surface area (Å²) >= 11 is 0. The number of alkyl halides is 6. The van der Waals surface area contributed by atoms with Crippen molar-refractivity contribution >= 4 is 22.5 Å². The van der Waals surface area contributed by atoms with Gasteiger partial charge in [-0.05, 0) is 25.8 Å². The molecule has 1 saturated carbocycles. The van der Waals surface area contributed by atoms with Gasteiger partial charge in [0.2, 0.25) is 0 Å². The van der Waals surface area contributed by atoms with Crippen molar-refractivity contribution in [1.82, 2.24) is 19.9 Å². The minimum absolute atomic E-state index is 0.0386. The zero-order valence-electron chi connectivity index (χ0n) is 18.7. The van der Waals surface area contributed by atoms with E-state index in [1.165, 1.54) is 13.0 Å². The van der Waals surface area contributed by atoms with Crippen molar-refractivity contribution in [2.45, 2.75) is 45.0 Å². The number of aromatic nitrogens is 4. The molecule has 3 N–H and O–H groups in total. The van der Waals surface area contributed by atoms with E-state index < -0.39 is 24.0 Å².